The predicted octanol–water partition coefficient (Wildman–Crippen LogP) is 1.98. The Morgan fingerprint density at radius 3 is 2.92 bits per heavy atom. The molecule has 0 aliphatic carbocycles. The van der Waals surface area contributed by atoms with Gasteiger partial charge in [-0.15, -0.1) is 0 Å². The Bertz CT molecular complexity index is 343. The highest BCUT2D eigenvalue weighted by atomic mass is 16.3. The standard InChI is InChI=1S/C10H9O2/c11-6-5-9-7-8-3-1-2-4-10(8)12-9/h1-5,7,11H,6H2. The van der Waals surface area contributed by atoms with E-state index in [1.807, 2.05) is 30.3 Å². The van der Waals surface area contributed by atoms with Crippen molar-refractivity contribution in [2.45, 2.75) is 0 Å². The largest absolute Gasteiger partial charge is 0.461 e. The average molecular weight is 161 g/mol. The molecule has 1 N–H and O–H groups in total. The first-order valence-corrected chi connectivity index (χ1v) is 3.83. The fourth-order valence-electron chi connectivity index (χ4n) is 1.19. The number of para-hydroxylation sites is 1. The fraction of sp³-hybridized carbons (Fsp3) is 0.100. The first-order chi connectivity index (χ1) is 5.90. The Morgan fingerprint density at radius 1 is 1.33 bits per heavy atom. The Hall–Kier alpha value is -1.28. The van der Waals surface area contributed by atoms with Gasteiger partial charge in [0.25, 0.3) is 0 Å². The van der Waals surface area contributed by atoms with E-state index in [2.05, 4.69) is 0 Å². The predicted molar refractivity (Wildman–Crippen MR) is 46.7 cm³/mol. The van der Waals surface area contributed by atoms with Crippen LogP contribution in [0.1, 0.15) is 5.76 Å². The molecule has 1 radical (unpaired) electrons. The lowest BCUT2D eigenvalue weighted by Gasteiger charge is -1.86. The van der Waals surface area contributed by atoms with Crippen molar-refractivity contribution in [1.82, 2.24) is 0 Å². The van der Waals surface area contributed by atoms with Crippen LogP contribution in [0.4, 0.5) is 0 Å². The molecule has 2 nitrogen and oxygen atoms in total. The summed E-state index contributed by atoms with van der Waals surface area (Å²) in [4.78, 5) is 0. The molecule has 2 aromatic rings. The van der Waals surface area contributed by atoms with E-state index in [1.54, 1.807) is 6.42 Å². The zero-order valence-corrected chi connectivity index (χ0v) is 6.53. The number of aliphatic hydroxyl groups is 1. The fourth-order valence-corrected chi connectivity index (χ4v) is 1.19. The molecule has 0 bridgehead atoms. The van der Waals surface area contributed by atoms with E-state index in [9.17, 15) is 0 Å². The van der Waals surface area contributed by atoms with Gasteiger partial charge in [0.05, 0.1) is 13.0 Å². The van der Waals surface area contributed by atoms with Gasteiger partial charge in [0.2, 0.25) is 0 Å². The number of benzene rings is 1. The highest BCUT2D eigenvalue weighted by Crippen LogP contribution is 2.19. The van der Waals surface area contributed by atoms with Crippen molar-refractivity contribution in [1.29, 1.82) is 0 Å². The van der Waals surface area contributed by atoms with E-state index in [0.29, 0.717) is 0 Å². The summed E-state index contributed by atoms with van der Waals surface area (Å²) in [5.41, 5.74) is 0.859. The van der Waals surface area contributed by atoms with Crippen molar-refractivity contribution in [3.8, 4) is 0 Å². The van der Waals surface area contributed by atoms with Gasteiger partial charge < -0.3 is 9.52 Å². The number of furan rings is 1. The van der Waals surface area contributed by atoms with Gasteiger partial charge in [-0.2, -0.15) is 0 Å². The summed E-state index contributed by atoms with van der Waals surface area (Å²) in [6.07, 6.45) is 1.64. The summed E-state index contributed by atoms with van der Waals surface area (Å²) >= 11 is 0. The molecule has 1 aromatic heterocycles. The Morgan fingerprint density at radius 2 is 2.17 bits per heavy atom. The van der Waals surface area contributed by atoms with E-state index in [1.165, 1.54) is 0 Å². The Kier molecular flexibility index (Phi) is 1.84. The Labute approximate surface area is 70.4 Å². The molecular formula is C10H9O2. The molecule has 0 aliphatic rings. The van der Waals surface area contributed by atoms with Gasteiger partial charge in [-0.25, -0.2) is 0 Å². The first kappa shape index (κ1) is 7.37. The van der Waals surface area contributed by atoms with Crippen LogP contribution in [0.5, 0.6) is 0 Å². The van der Waals surface area contributed by atoms with Gasteiger partial charge in [-0.1, -0.05) is 18.2 Å². The molecule has 61 valence electrons. The molecule has 2 heteroatoms. The molecule has 1 aromatic carbocycles. The third kappa shape index (κ3) is 1.21. The van der Waals surface area contributed by atoms with E-state index in [-0.39, 0.29) is 6.61 Å². The SMILES string of the molecule is OC[CH]c1cc2ccccc2o1. The summed E-state index contributed by atoms with van der Waals surface area (Å²) in [5.74, 6) is 0.721. The van der Waals surface area contributed by atoms with E-state index < -0.39 is 0 Å². The van der Waals surface area contributed by atoms with Gasteiger partial charge in [0.15, 0.2) is 0 Å². The summed E-state index contributed by atoms with van der Waals surface area (Å²) in [7, 11) is 0. The smallest absolute Gasteiger partial charge is 0.134 e. The van der Waals surface area contributed by atoms with Gasteiger partial charge in [0, 0.05) is 5.39 Å². The van der Waals surface area contributed by atoms with Crippen LogP contribution in [0.25, 0.3) is 11.0 Å². The lowest BCUT2D eigenvalue weighted by molar-refractivity contribution is 0.326. The maximum Gasteiger partial charge on any atom is 0.134 e. The average Bonchev–Trinajstić information content (AvgIpc) is 2.47. The minimum atomic E-state index is 0.0137. The van der Waals surface area contributed by atoms with Crippen molar-refractivity contribution >= 4 is 11.0 Å². The maximum atomic E-state index is 8.63. The zero-order valence-electron chi connectivity index (χ0n) is 6.53. The van der Waals surface area contributed by atoms with Gasteiger partial charge >= 0.3 is 0 Å². The summed E-state index contributed by atoms with van der Waals surface area (Å²) in [5, 5.41) is 9.70. The van der Waals surface area contributed by atoms with Crippen molar-refractivity contribution < 1.29 is 9.52 Å². The quantitative estimate of drug-likeness (QED) is 0.730. The number of fused-ring (bicyclic) bond motifs is 1. The first-order valence-electron chi connectivity index (χ1n) is 3.83. The van der Waals surface area contributed by atoms with E-state index in [0.717, 1.165) is 16.7 Å². The molecular weight excluding hydrogens is 152 g/mol. The summed E-state index contributed by atoms with van der Waals surface area (Å²) in [6, 6.07) is 9.68. The van der Waals surface area contributed by atoms with Crippen molar-refractivity contribution in [3.05, 3.63) is 42.5 Å². The monoisotopic (exact) mass is 161 g/mol. The minimum absolute atomic E-state index is 0.0137. The topological polar surface area (TPSA) is 33.4 Å². The van der Waals surface area contributed by atoms with Crippen LogP contribution in [-0.2, 0) is 0 Å². The van der Waals surface area contributed by atoms with Gasteiger partial charge in [-0.3, -0.25) is 0 Å². The molecule has 0 amide bonds. The third-order valence-electron chi connectivity index (χ3n) is 1.74. The third-order valence-corrected chi connectivity index (χ3v) is 1.74. The van der Waals surface area contributed by atoms with E-state index >= 15 is 0 Å². The number of hydrogen-bond acceptors (Lipinski definition) is 2. The molecule has 12 heavy (non-hydrogen) atoms. The van der Waals surface area contributed by atoms with Crippen LogP contribution in [0.15, 0.2) is 34.7 Å². The molecule has 0 atom stereocenters. The van der Waals surface area contributed by atoms with Crippen molar-refractivity contribution in [2.75, 3.05) is 6.61 Å². The lowest BCUT2D eigenvalue weighted by Crippen LogP contribution is -1.82. The van der Waals surface area contributed by atoms with Gasteiger partial charge in [0.1, 0.15) is 11.3 Å². The minimum Gasteiger partial charge on any atom is -0.461 e. The highest BCUT2D eigenvalue weighted by molar-refractivity contribution is 5.77. The summed E-state index contributed by atoms with van der Waals surface area (Å²) in [6.45, 7) is 0.0137. The van der Waals surface area contributed by atoms with E-state index in [4.69, 9.17) is 9.52 Å². The molecule has 0 fully saturated rings. The molecule has 2 rings (SSSR count). The second kappa shape index (κ2) is 2.99. The highest BCUT2D eigenvalue weighted by Gasteiger charge is 2.00. The molecule has 0 spiro atoms. The van der Waals surface area contributed by atoms with Crippen molar-refractivity contribution in [2.24, 2.45) is 0 Å². The zero-order chi connectivity index (χ0) is 8.39. The Balaban J connectivity index is 2.47. The van der Waals surface area contributed by atoms with Crippen LogP contribution in [0, 0.1) is 6.42 Å². The van der Waals surface area contributed by atoms with Crippen LogP contribution < -0.4 is 0 Å². The normalized spacial score (nSPS) is 10.8. The number of hydrogen-bond donors (Lipinski definition) is 1. The molecule has 0 saturated heterocycles. The lowest BCUT2D eigenvalue weighted by atomic mass is 10.2. The van der Waals surface area contributed by atoms with Crippen LogP contribution in [0.2, 0.25) is 0 Å². The summed E-state index contributed by atoms with van der Waals surface area (Å²) < 4.78 is 5.39. The molecule has 1 heterocycles. The second-order valence-electron chi connectivity index (χ2n) is 2.57. The van der Waals surface area contributed by atoms with Crippen molar-refractivity contribution in [3.63, 3.8) is 0 Å². The number of aliphatic hydroxyl groups excluding tert-OH is 1. The van der Waals surface area contributed by atoms with Crippen LogP contribution in [0.3, 0.4) is 0 Å². The van der Waals surface area contributed by atoms with Crippen LogP contribution >= 0.6 is 0 Å². The number of rotatable bonds is 2. The van der Waals surface area contributed by atoms with Gasteiger partial charge in [-0.05, 0) is 12.1 Å². The molecule has 0 unspecified atom stereocenters. The molecule has 0 saturated carbocycles. The molecule has 0 aliphatic heterocycles. The second-order valence-corrected chi connectivity index (χ2v) is 2.57. The van der Waals surface area contributed by atoms with Crippen LogP contribution in [-0.4, -0.2) is 11.7 Å². The maximum absolute atomic E-state index is 8.63.